The molecule has 1 N–H and O–H groups in total. The Kier molecular flexibility index (Phi) is 4.20. The Labute approximate surface area is 123 Å². The van der Waals surface area contributed by atoms with Crippen molar-refractivity contribution in [1.82, 2.24) is 0 Å². The predicted molar refractivity (Wildman–Crippen MR) is 77.0 cm³/mol. The second-order valence-corrected chi connectivity index (χ2v) is 5.49. The van der Waals surface area contributed by atoms with Gasteiger partial charge in [0.25, 0.3) is 5.91 Å². The molecule has 0 spiro atoms. The molecule has 0 aromatic heterocycles. The Balaban J connectivity index is 1.48. The van der Waals surface area contributed by atoms with Crippen molar-refractivity contribution in [3.63, 3.8) is 0 Å². The van der Waals surface area contributed by atoms with Crippen molar-refractivity contribution in [3.8, 4) is 0 Å². The molecule has 1 aliphatic carbocycles. The Morgan fingerprint density at radius 1 is 1.24 bits per heavy atom. The fourth-order valence-corrected chi connectivity index (χ4v) is 2.84. The number of benzene rings is 1. The summed E-state index contributed by atoms with van der Waals surface area (Å²) in [6, 6.07) is 5.95. The van der Waals surface area contributed by atoms with E-state index in [2.05, 4.69) is 11.4 Å². The first-order valence-electron chi connectivity index (χ1n) is 7.42. The SMILES string of the molecule is O=C(COC(=O)[C@@H]1CCCO1)Nc1ccc2c(c1)CCC2. The first-order chi connectivity index (χ1) is 10.2. The number of ether oxygens (including phenoxy) is 2. The minimum absolute atomic E-state index is 0.268. The van der Waals surface area contributed by atoms with Crippen LogP contribution >= 0.6 is 0 Å². The number of carbonyl (C=O) groups is 2. The first-order valence-corrected chi connectivity index (χ1v) is 7.42. The van der Waals surface area contributed by atoms with Crippen LogP contribution in [0.2, 0.25) is 0 Å². The molecular formula is C16H19NO4. The van der Waals surface area contributed by atoms with E-state index in [-0.39, 0.29) is 12.5 Å². The van der Waals surface area contributed by atoms with Gasteiger partial charge in [0.05, 0.1) is 0 Å². The van der Waals surface area contributed by atoms with Crippen molar-refractivity contribution in [1.29, 1.82) is 0 Å². The van der Waals surface area contributed by atoms with Crippen LogP contribution in [0.5, 0.6) is 0 Å². The maximum Gasteiger partial charge on any atom is 0.335 e. The van der Waals surface area contributed by atoms with E-state index in [0.29, 0.717) is 13.0 Å². The predicted octanol–water partition coefficient (Wildman–Crippen LogP) is 1.84. The molecule has 2 aliphatic rings. The number of hydrogen-bond acceptors (Lipinski definition) is 4. The third-order valence-electron chi connectivity index (χ3n) is 3.92. The summed E-state index contributed by atoms with van der Waals surface area (Å²) in [7, 11) is 0. The zero-order valence-electron chi connectivity index (χ0n) is 11.9. The van der Waals surface area contributed by atoms with Gasteiger partial charge in [-0.3, -0.25) is 4.79 Å². The molecule has 1 saturated heterocycles. The average molecular weight is 289 g/mol. The van der Waals surface area contributed by atoms with Gasteiger partial charge in [-0.1, -0.05) is 6.07 Å². The Bertz CT molecular complexity index is 549. The summed E-state index contributed by atoms with van der Waals surface area (Å²) < 4.78 is 10.2. The molecule has 1 atom stereocenters. The van der Waals surface area contributed by atoms with Gasteiger partial charge in [-0.2, -0.15) is 0 Å². The van der Waals surface area contributed by atoms with Crippen molar-refractivity contribution in [3.05, 3.63) is 29.3 Å². The fourth-order valence-electron chi connectivity index (χ4n) is 2.84. The van der Waals surface area contributed by atoms with E-state index in [0.717, 1.165) is 24.9 Å². The van der Waals surface area contributed by atoms with Crippen LogP contribution in [0, 0.1) is 0 Å². The number of hydrogen-bond donors (Lipinski definition) is 1. The fraction of sp³-hybridized carbons (Fsp3) is 0.500. The zero-order valence-corrected chi connectivity index (χ0v) is 11.9. The Morgan fingerprint density at radius 2 is 2.10 bits per heavy atom. The van der Waals surface area contributed by atoms with Crippen LogP contribution in [0.25, 0.3) is 0 Å². The summed E-state index contributed by atoms with van der Waals surface area (Å²) in [5.41, 5.74) is 3.41. The molecule has 3 rings (SSSR count). The number of amides is 1. The summed E-state index contributed by atoms with van der Waals surface area (Å²) in [5, 5.41) is 2.76. The van der Waals surface area contributed by atoms with Crippen LogP contribution in [0.15, 0.2) is 18.2 Å². The lowest BCUT2D eigenvalue weighted by Gasteiger charge is -2.10. The highest BCUT2D eigenvalue weighted by Crippen LogP contribution is 2.24. The maximum atomic E-state index is 11.8. The van der Waals surface area contributed by atoms with Gasteiger partial charge in [-0.25, -0.2) is 4.79 Å². The molecule has 1 fully saturated rings. The molecular weight excluding hydrogens is 270 g/mol. The van der Waals surface area contributed by atoms with E-state index in [1.807, 2.05) is 12.1 Å². The van der Waals surface area contributed by atoms with E-state index in [4.69, 9.17) is 9.47 Å². The molecule has 1 amide bonds. The highest BCUT2D eigenvalue weighted by molar-refractivity contribution is 5.93. The van der Waals surface area contributed by atoms with E-state index in [1.54, 1.807) is 0 Å². The molecule has 1 aliphatic heterocycles. The van der Waals surface area contributed by atoms with Crippen LogP contribution in [0.4, 0.5) is 5.69 Å². The number of carbonyl (C=O) groups excluding carboxylic acids is 2. The molecule has 5 heteroatoms. The quantitative estimate of drug-likeness (QED) is 0.859. The number of anilines is 1. The number of fused-ring (bicyclic) bond motifs is 1. The summed E-state index contributed by atoms with van der Waals surface area (Å²) in [4.78, 5) is 23.4. The second kappa shape index (κ2) is 6.26. The van der Waals surface area contributed by atoms with Gasteiger partial charge >= 0.3 is 5.97 Å². The molecule has 1 heterocycles. The van der Waals surface area contributed by atoms with Crippen molar-refractivity contribution in [2.24, 2.45) is 0 Å². The normalized spacial score (nSPS) is 20.1. The van der Waals surface area contributed by atoms with Crippen molar-refractivity contribution in [2.45, 2.75) is 38.2 Å². The number of esters is 1. The van der Waals surface area contributed by atoms with Crippen molar-refractivity contribution in [2.75, 3.05) is 18.5 Å². The molecule has 1 aromatic rings. The van der Waals surface area contributed by atoms with Crippen molar-refractivity contribution < 1.29 is 19.1 Å². The maximum absolute atomic E-state index is 11.8. The second-order valence-electron chi connectivity index (χ2n) is 5.49. The Hall–Kier alpha value is -1.88. The highest BCUT2D eigenvalue weighted by Gasteiger charge is 2.25. The summed E-state index contributed by atoms with van der Waals surface area (Å²) in [6.45, 7) is 0.316. The molecule has 21 heavy (non-hydrogen) atoms. The average Bonchev–Trinajstić information content (AvgIpc) is 3.15. The van der Waals surface area contributed by atoms with E-state index >= 15 is 0 Å². The van der Waals surface area contributed by atoms with Gasteiger partial charge in [0.1, 0.15) is 0 Å². The highest BCUT2D eigenvalue weighted by atomic mass is 16.6. The van der Waals surface area contributed by atoms with Gasteiger partial charge in [-0.15, -0.1) is 0 Å². The molecule has 5 nitrogen and oxygen atoms in total. The summed E-state index contributed by atoms with van der Waals surface area (Å²) in [6.07, 6.45) is 4.38. The monoisotopic (exact) mass is 289 g/mol. The minimum Gasteiger partial charge on any atom is -0.454 e. The van der Waals surface area contributed by atoms with Gasteiger partial charge in [-0.05, 0) is 55.4 Å². The third-order valence-corrected chi connectivity index (χ3v) is 3.92. The largest absolute Gasteiger partial charge is 0.454 e. The van der Waals surface area contributed by atoms with Gasteiger partial charge in [0.15, 0.2) is 12.7 Å². The molecule has 0 bridgehead atoms. The van der Waals surface area contributed by atoms with Gasteiger partial charge < -0.3 is 14.8 Å². The minimum atomic E-state index is -0.502. The zero-order chi connectivity index (χ0) is 14.7. The molecule has 0 unspecified atom stereocenters. The first kappa shape index (κ1) is 14.1. The number of rotatable bonds is 4. The standard InChI is InChI=1S/C16H19NO4/c18-15(10-21-16(19)14-5-2-8-20-14)17-13-7-6-11-3-1-4-12(11)9-13/h6-7,9,14H,1-5,8,10H2,(H,17,18)/t14-/m0/s1. The smallest absolute Gasteiger partial charge is 0.335 e. The lowest BCUT2D eigenvalue weighted by molar-refractivity contribution is -0.156. The third kappa shape index (κ3) is 3.42. The molecule has 0 radical (unpaired) electrons. The number of nitrogens with one attached hydrogen (secondary N) is 1. The van der Waals surface area contributed by atoms with Gasteiger partial charge in [0.2, 0.25) is 0 Å². The molecule has 1 aromatic carbocycles. The van der Waals surface area contributed by atoms with Crippen LogP contribution in [0.1, 0.15) is 30.4 Å². The van der Waals surface area contributed by atoms with Crippen LogP contribution in [0.3, 0.4) is 0 Å². The lowest BCUT2D eigenvalue weighted by atomic mass is 10.1. The van der Waals surface area contributed by atoms with E-state index < -0.39 is 12.1 Å². The van der Waals surface area contributed by atoms with E-state index in [1.165, 1.54) is 17.5 Å². The summed E-state index contributed by atoms with van der Waals surface area (Å²) in [5.74, 6) is -0.768. The van der Waals surface area contributed by atoms with Crippen LogP contribution in [-0.4, -0.2) is 31.2 Å². The van der Waals surface area contributed by atoms with Crippen molar-refractivity contribution >= 4 is 17.6 Å². The van der Waals surface area contributed by atoms with Crippen LogP contribution in [-0.2, 0) is 31.9 Å². The van der Waals surface area contributed by atoms with Crippen LogP contribution < -0.4 is 5.32 Å². The lowest BCUT2D eigenvalue weighted by Crippen LogP contribution is -2.27. The topological polar surface area (TPSA) is 64.6 Å². The Morgan fingerprint density at radius 3 is 2.90 bits per heavy atom. The molecule has 112 valence electrons. The molecule has 0 saturated carbocycles. The van der Waals surface area contributed by atoms with E-state index in [9.17, 15) is 9.59 Å². The number of aryl methyl sites for hydroxylation is 2. The summed E-state index contributed by atoms with van der Waals surface area (Å²) >= 11 is 0. The van der Waals surface area contributed by atoms with Gasteiger partial charge in [0, 0.05) is 12.3 Å².